The van der Waals surface area contributed by atoms with E-state index in [4.69, 9.17) is 0 Å². The van der Waals surface area contributed by atoms with Gasteiger partial charge < -0.3 is 4.90 Å². The average molecular weight is 361 g/mol. The average Bonchev–Trinajstić information content (AvgIpc) is 3.19. The van der Waals surface area contributed by atoms with Crippen molar-refractivity contribution in [3.63, 3.8) is 0 Å². The first-order chi connectivity index (χ1) is 13.3. The number of amides is 1. The van der Waals surface area contributed by atoms with Crippen molar-refractivity contribution in [3.05, 3.63) is 76.9 Å². The van der Waals surface area contributed by atoms with Crippen LogP contribution in [0.1, 0.15) is 28.7 Å². The molecule has 27 heavy (non-hydrogen) atoms. The summed E-state index contributed by atoms with van der Waals surface area (Å²) < 4.78 is 0. The van der Waals surface area contributed by atoms with Gasteiger partial charge in [0.1, 0.15) is 0 Å². The van der Waals surface area contributed by atoms with Gasteiger partial charge in [0.05, 0.1) is 0 Å². The van der Waals surface area contributed by atoms with Gasteiger partial charge in [-0.1, -0.05) is 48.5 Å². The highest BCUT2D eigenvalue weighted by molar-refractivity contribution is 5.91. The molecule has 2 aliphatic rings. The van der Waals surface area contributed by atoms with Crippen LogP contribution < -0.4 is 0 Å². The molecular weight excluding hydrogens is 332 g/mol. The Labute approximate surface area is 162 Å². The second-order valence-corrected chi connectivity index (χ2v) is 7.62. The van der Waals surface area contributed by atoms with E-state index in [9.17, 15) is 4.79 Å². The maximum Gasteiger partial charge on any atom is 0.246 e. The van der Waals surface area contributed by atoms with Crippen LogP contribution in [0.2, 0.25) is 0 Å². The number of carbonyl (C=O) groups excluding carboxylic acids is 1. The standard InChI is InChI=1S/C24H28N2O/c27-24(12-10-20-5-2-1-3-6-20)26-17-15-25(16-18-26)14-13-21-9-11-22-7-4-8-23(22)19-21/h1-3,5-6,9-12,19H,4,7-8,13-18H2/b12-10+. The first-order valence-electron chi connectivity index (χ1n) is 10.1. The zero-order chi connectivity index (χ0) is 18.5. The number of hydrogen-bond acceptors (Lipinski definition) is 2. The normalized spacial score (nSPS) is 17.4. The SMILES string of the molecule is O=C(/C=C/c1ccccc1)N1CCN(CCc2ccc3c(c2)CCC3)CC1. The Kier molecular flexibility index (Phi) is 5.69. The number of aryl methyl sites for hydroxylation is 2. The fourth-order valence-electron chi connectivity index (χ4n) is 4.10. The smallest absolute Gasteiger partial charge is 0.246 e. The number of rotatable bonds is 5. The molecule has 1 fully saturated rings. The summed E-state index contributed by atoms with van der Waals surface area (Å²) in [6, 6.07) is 17.0. The Morgan fingerprint density at radius 1 is 0.926 bits per heavy atom. The van der Waals surface area contributed by atoms with Crippen molar-refractivity contribution in [2.45, 2.75) is 25.7 Å². The quantitative estimate of drug-likeness (QED) is 0.761. The first kappa shape index (κ1) is 18.0. The molecular formula is C24H28N2O. The molecule has 4 rings (SSSR count). The van der Waals surface area contributed by atoms with Gasteiger partial charge in [-0.2, -0.15) is 0 Å². The summed E-state index contributed by atoms with van der Waals surface area (Å²) >= 11 is 0. The van der Waals surface area contributed by atoms with Crippen molar-refractivity contribution in [1.82, 2.24) is 9.80 Å². The molecule has 140 valence electrons. The maximum absolute atomic E-state index is 12.4. The molecule has 0 spiro atoms. The molecule has 3 heteroatoms. The van der Waals surface area contributed by atoms with Crippen molar-refractivity contribution in [2.24, 2.45) is 0 Å². The Morgan fingerprint density at radius 3 is 2.52 bits per heavy atom. The van der Waals surface area contributed by atoms with Crippen LogP contribution in [0.4, 0.5) is 0 Å². The Balaban J connectivity index is 1.23. The summed E-state index contributed by atoms with van der Waals surface area (Å²) in [7, 11) is 0. The highest BCUT2D eigenvalue weighted by atomic mass is 16.2. The van der Waals surface area contributed by atoms with Gasteiger partial charge in [-0.25, -0.2) is 0 Å². The van der Waals surface area contributed by atoms with Crippen LogP contribution in [-0.2, 0) is 24.1 Å². The predicted molar refractivity (Wildman–Crippen MR) is 111 cm³/mol. The van der Waals surface area contributed by atoms with Crippen LogP contribution in [0.15, 0.2) is 54.6 Å². The van der Waals surface area contributed by atoms with Crippen LogP contribution in [0.3, 0.4) is 0 Å². The largest absolute Gasteiger partial charge is 0.337 e. The zero-order valence-electron chi connectivity index (χ0n) is 15.9. The van der Waals surface area contributed by atoms with E-state index in [1.807, 2.05) is 41.3 Å². The van der Waals surface area contributed by atoms with Crippen molar-refractivity contribution in [2.75, 3.05) is 32.7 Å². The second-order valence-electron chi connectivity index (χ2n) is 7.62. The molecule has 2 aromatic rings. The van der Waals surface area contributed by atoms with Gasteiger partial charge in [0.15, 0.2) is 0 Å². The van der Waals surface area contributed by atoms with E-state index >= 15 is 0 Å². The zero-order valence-corrected chi connectivity index (χ0v) is 15.9. The summed E-state index contributed by atoms with van der Waals surface area (Å²) in [5.74, 6) is 0.122. The number of benzene rings is 2. The van der Waals surface area contributed by atoms with Gasteiger partial charge in [-0.05, 0) is 54.0 Å². The van der Waals surface area contributed by atoms with Gasteiger partial charge in [0.2, 0.25) is 5.91 Å². The molecule has 0 saturated carbocycles. The lowest BCUT2D eigenvalue weighted by Gasteiger charge is -2.34. The third-order valence-corrected chi connectivity index (χ3v) is 5.78. The first-order valence-corrected chi connectivity index (χ1v) is 10.1. The topological polar surface area (TPSA) is 23.6 Å². The third kappa shape index (κ3) is 4.67. The molecule has 0 atom stereocenters. The van der Waals surface area contributed by atoms with Crippen molar-refractivity contribution < 1.29 is 4.79 Å². The van der Waals surface area contributed by atoms with Crippen molar-refractivity contribution in [3.8, 4) is 0 Å². The molecule has 0 aromatic heterocycles. The summed E-state index contributed by atoms with van der Waals surface area (Å²) in [6.45, 7) is 4.66. The summed E-state index contributed by atoms with van der Waals surface area (Å²) in [4.78, 5) is 16.8. The summed E-state index contributed by atoms with van der Waals surface area (Å²) in [5, 5.41) is 0. The minimum Gasteiger partial charge on any atom is -0.337 e. The van der Waals surface area contributed by atoms with Gasteiger partial charge in [-0.15, -0.1) is 0 Å². The van der Waals surface area contributed by atoms with E-state index in [0.29, 0.717) is 0 Å². The Bertz CT molecular complexity index is 804. The fraction of sp³-hybridized carbons (Fsp3) is 0.375. The number of nitrogens with zero attached hydrogens (tertiary/aromatic N) is 2. The highest BCUT2D eigenvalue weighted by Crippen LogP contribution is 2.23. The van der Waals surface area contributed by atoms with E-state index in [1.54, 1.807) is 17.2 Å². The monoisotopic (exact) mass is 360 g/mol. The molecule has 0 radical (unpaired) electrons. The molecule has 0 unspecified atom stereocenters. The summed E-state index contributed by atoms with van der Waals surface area (Å²) in [5.41, 5.74) is 5.64. The van der Waals surface area contributed by atoms with Crippen LogP contribution in [0.5, 0.6) is 0 Å². The lowest BCUT2D eigenvalue weighted by atomic mass is 10.0. The molecule has 1 aliphatic heterocycles. The summed E-state index contributed by atoms with van der Waals surface area (Å²) in [6.07, 6.45) is 8.53. The molecule has 3 nitrogen and oxygen atoms in total. The van der Waals surface area contributed by atoms with Gasteiger partial charge in [0, 0.05) is 38.8 Å². The van der Waals surface area contributed by atoms with Gasteiger partial charge >= 0.3 is 0 Å². The van der Waals surface area contributed by atoms with E-state index in [-0.39, 0.29) is 5.91 Å². The molecule has 0 N–H and O–H groups in total. The van der Waals surface area contributed by atoms with Crippen molar-refractivity contribution >= 4 is 12.0 Å². The predicted octanol–water partition coefficient (Wildman–Crippen LogP) is 3.58. The number of piperazine rings is 1. The van der Waals surface area contributed by atoms with Crippen LogP contribution in [0, 0.1) is 0 Å². The molecule has 2 aromatic carbocycles. The lowest BCUT2D eigenvalue weighted by Crippen LogP contribution is -2.48. The van der Waals surface area contributed by atoms with Gasteiger partial charge in [-0.3, -0.25) is 9.69 Å². The lowest BCUT2D eigenvalue weighted by molar-refractivity contribution is -0.127. The van der Waals surface area contributed by atoms with Crippen LogP contribution in [-0.4, -0.2) is 48.4 Å². The number of hydrogen-bond donors (Lipinski definition) is 0. The minimum atomic E-state index is 0.122. The number of fused-ring (bicyclic) bond motifs is 1. The minimum absolute atomic E-state index is 0.122. The second kappa shape index (κ2) is 8.53. The Hall–Kier alpha value is -2.39. The number of carbonyl (C=O) groups is 1. The maximum atomic E-state index is 12.4. The third-order valence-electron chi connectivity index (χ3n) is 5.78. The molecule has 1 aliphatic carbocycles. The highest BCUT2D eigenvalue weighted by Gasteiger charge is 2.19. The molecule has 0 bridgehead atoms. The molecule has 1 saturated heterocycles. The van der Waals surface area contributed by atoms with E-state index in [2.05, 4.69) is 23.1 Å². The molecule has 1 heterocycles. The van der Waals surface area contributed by atoms with E-state index < -0.39 is 0 Å². The van der Waals surface area contributed by atoms with Crippen molar-refractivity contribution in [1.29, 1.82) is 0 Å². The van der Waals surface area contributed by atoms with E-state index in [0.717, 1.165) is 44.7 Å². The van der Waals surface area contributed by atoms with Crippen LogP contribution >= 0.6 is 0 Å². The van der Waals surface area contributed by atoms with Crippen LogP contribution in [0.25, 0.3) is 6.08 Å². The van der Waals surface area contributed by atoms with E-state index in [1.165, 1.54) is 24.8 Å². The molecule has 1 amide bonds. The Morgan fingerprint density at radius 2 is 1.70 bits per heavy atom. The van der Waals surface area contributed by atoms with Gasteiger partial charge in [0.25, 0.3) is 0 Å². The fourth-order valence-corrected chi connectivity index (χ4v) is 4.10.